The highest BCUT2D eigenvalue weighted by atomic mass is 16.6. The average molecular weight is 252 g/mol. The van der Waals surface area contributed by atoms with Crippen molar-refractivity contribution in [3.63, 3.8) is 0 Å². The maximum Gasteiger partial charge on any atom is 0.339 e. The van der Waals surface area contributed by atoms with Gasteiger partial charge in [0.05, 0.1) is 19.8 Å². The summed E-state index contributed by atoms with van der Waals surface area (Å²) in [5, 5.41) is 0. The molecule has 0 heterocycles. The second-order valence-electron chi connectivity index (χ2n) is 5.02. The van der Waals surface area contributed by atoms with E-state index in [2.05, 4.69) is 0 Å². The first-order chi connectivity index (χ1) is 8.28. The molecule has 0 spiro atoms. The van der Waals surface area contributed by atoms with Gasteiger partial charge in [-0.3, -0.25) is 0 Å². The third-order valence-corrected chi connectivity index (χ3v) is 2.35. The van der Waals surface area contributed by atoms with Crippen LogP contribution in [0.3, 0.4) is 0 Å². The van der Waals surface area contributed by atoms with Crippen molar-refractivity contribution in [2.45, 2.75) is 33.3 Å². The summed E-state index contributed by atoms with van der Waals surface area (Å²) >= 11 is 0. The molecule has 0 radical (unpaired) electrons. The zero-order valence-corrected chi connectivity index (χ0v) is 11.8. The molecule has 1 rings (SSSR count). The number of methoxy groups -OCH3 is 2. The van der Waals surface area contributed by atoms with Gasteiger partial charge < -0.3 is 14.2 Å². The van der Waals surface area contributed by atoms with Crippen molar-refractivity contribution in [3.8, 4) is 11.5 Å². The molecule has 0 saturated heterocycles. The Hall–Kier alpha value is -1.71. The number of benzene rings is 1. The van der Waals surface area contributed by atoms with Crippen LogP contribution in [0.4, 0.5) is 0 Å². The second-order valence-corrected chi connectivity index (χ2v) is 5.02. The smallest absolute Gasteiger partial charge is 0.339 e. The molecule has 4 heteroatoms. The molecule has 0 saturated carbocycles. The molecule has 0 aliphatic carbocycles. The number of carbonyl (C=O) groups excluding carboxylic acids is 1. The van der Waals surface area contributed by atoms with Crippen molar-refractivity contribution in [1.29, 1.82) is 0 Å². The Labute approximate surface area is 108 Å². The maximum atomic E-state index is 12.0. The lowest BCUT2D eigenvalue weighted by molar-refractivity contribution is 0.00684. The van der Waals surface area contributed by atoms with E-state index in [9.17, 15) is 4.79 Å². The molecule has 1 aromatic rings. The first-order valence-electron chi connectivity index (χ1n) is 5.74. The molecular formula is C14H20O4. The number of aryl methyl sites for hydroxylation is 1. The Balaban J connectivity index is 3.13. The zero-order chi connectivity index (χ0) is 13.9. The van der Waals surface area contributed by atoms with E-state index in [1.54, 1.807) is 19.2 Å². The van der Waals surface area contributed by atoms with Gasteiger partial charge in [0.2, 0.25) is 0 Å². The summed E-state index contributed by atoms with van der Waals surface area (Å²) < 4.78 is 15.7. The fourth-order valence-corrected chi connectivity index (χ4v) is 1.53. The molecule has 18 heavy (non-hydrogen) atoms. The third-order valence-electron chi connectivity index (χ3n) is 2.35. The number of esters is 1. The first kappa shape index (κ1) is 14.4. The van der Waals surface area contributed by atoms with Crippen LogP contribution in [0.1, 0.15) is 36.7 Å². The quantitative estimate of drug-likeness (QED) is 0.776. The van der Waals surface area contributed by atoms with Gasteiger partial charge in [0.25, 0.3) is 0 Å². The molecule has 0 aromatic heterocycles. The highest BCUT2D eigenvalue weighted by molar-refractivity contribution is 5.92. The zero-order valence-electron chi connectivity index (χ0n) is 11.8. The minimum absolute atomic E-state index is 0.360. The molecule has 0 amide bonds. The van der Waals surface area contributed by atoms with Crippen molar-refractivity contribution in [1.82, 2.24) is 0 Å². The lowest BCUT2D eigenvalue weighted by Gasteiger charge is -2.20. The largest absolute Gasteiger partial charge is 0.493 e. The Bertz CT molecular complexity index is 444. The van der Waals surface area contributed by atoms with Crippen LogP contribution in [-0.2, 0) is 4.74 Å². The first-order valence-corrected chi connectivity index (χ1v) is 5.74. The van der Waals surface area contributed by atoms with Crippen molar-refractivity contribution < 1.29 is 19.0 Å². The van der Waals surface area contributed by atoms with E-state index in [1.807, 2.05) is 27.7 Å². The van der Waals surface area contributed by atoms with Gasteiger partial charge in [-0.25, -0.2) is 4.79 Å². The maximum absolute atomic E-state index is 12.0. The summed E-state index contributed by atoms with van der Waals surface area (Å²) in [7, 11) is 3.09. The van der Waals surface area contributed by atoms with E-state index in [0.717, 1.165) is 5.56 Å². The van der Waals surface area contributed by atoms with Crippen molar-refractivity contribution in [3.05, 3.63) is 23.3 Å². The van der Waals surface area contributed by atoms with Gasteiger partial charge in [-0.05, 0) is 45.4 Å². The Kier molecular flexibility index (Phi) is 4.22. The minimum Gasteiger partial charge on any atom is -0.493 e. The number of rotatable bonds is 3. The summed E-state index contributed by atoms with van der Waals surface area (Å²) in [5.74, 6) is 0.757. The van der Waals surface area contributed by atoms with Gasteiger partial charge in [0, 0.05) is 0 Å². The van der Waals surface area contributed by atoms with E-state index in [1.165, 1.54) is 7.11 Å². The molecule has 0 aliphatic rings. The SMILES string of the molecule is COc1cc(C)c(C(=O)OC(C)(C)C)cc1OC. The van der Waals surface area contributed by atoms with Crippen LogP contribution in [0.5, 0.6) is 11.5 Å². The van der Waals surface area contributed by atoms with E-state index in [-0.39, 0.29) is 5.97 Å². The molecule has 100 valence electrons. The van der Waals surface area contributed by atoms with Crippen LogP contribution in [-0.4, -0.2) is 25.8 Å². The monoisotopic (exact) mass is 252 g/mol. The molecule has 0 unspecified atom stereocenters. The predicted molar refractivity (Wildman–Crippen MR) is 69.5 cm³/mol. The molecular weight excluding hydrogens is 232 g/mol. The topological polar surface area (TPSA) is 44.8 Å². The van der Waals surface area contributed by atoms with Gasteiger partial charge in [0.15, 0.2) is 11.5 Å². The van der Waals surface area contributed by atoms with Crippen LogP contribution in [0, 0.1) is 6.92 Å². The van der Waals surface area contributed by atoms with E-state index in [0.29, 0.717) is 17.1 Å². The minimum atomic E-state index is -0.517. The van der Waals surface area contributed by atoms with Gasteiger partial charge in [-0.15, -0.1) is 0 Å². The molecule has 0 fully saturated rings. The number of hydrogen-bond donors (Lipinski definition) is 0. The van der Waals surface area contributed by atoms with Crippen molar-refractivity contribution in [2.75, 3.05) is 14.2 Å². The number of ether oxygens (including phenoxy) is 3. The van der Waals surface area contributed by atoms with Crippen LogP contribution >= 0.6 is 0 Å². The average Bonchev–Trinajstić information content (AvgIpc) is 2.26. The van der Waals surface area contributed by atoms with Gasteiger partial charge in [-0.2, -0.15) is 0 Å². The van der Waals surface area contributed by atoms with Gasteiger partial charge in [0.1, 0.15) is 5.60 Å². The summed E-state index contributed by atoms with van der Waals surface area (Å²) in [5.41, 5.74) is 0.765. The lowest BCUT2D eigenvalue weighted by atomic mass is 10.1. The van der Waals surface area contributed by atoms with Crippen molar-refractivity contribution >= 4 is 5.97 Å². The summed E-state index contributed by atoms with van der Waals surface area (Å²) in [6.07, 6.45) is 0. The molecule has 0 atom stereocenters. The van der Waals surface area contributed by atoms with Crippen molar-refractivity contribution in [2.24, 2.45) is 0 Å². The summed E-state index contributed by atoms with van der Waals surface area (Å²) in [4.78, 5) is 12.0. The molecule has 4 nitrogen and oxygen atoms in total. The van der Waals surface area contributed by atoms with Crippen LogP contribution in [0.15, 0.2) is 12.1 Å². The fraction of sp³-hybridized carbons (Fsp3) is 0.500. The van der Waals surface area contributed by atoms with Gasteiger partial charge in [-0.1, -0.05) is 0 Å². The highest BCUT2D eigenvalue weighted by Crippen LogP contribution is 2.31. The molecule has 0 N–H and O–H groups in total. The highest BCUT2D eigenvalue weighted by Gasteiger charge is 2.21. The normalized spacial score (nSPS) is 11.0. The third kappa shape index (κ3) is 3.39. The van der Waals surface area contributed by atoms with Crippen LogP contribution in [0.2, 0.25) is 0 Å². The summed E-state index contributed by atoms with van der Waals surface area (Å²) in [6.45, 7) is 7.34. The summed E-state index contributed by atoms with van der Waals surface area (Å²) in [6, 6.07) is 3.40. The van der Waals surface area contributed by atoms with Crippen LogP contribution < -0.4 is 9.47 Å². The molecule has 1 aromatic carbocycles. The lowest BCUT2D eigenvalue weighted by Crippen LogP contribution is -2.24. The standard InChI is InChI=1S/C14H20O4/c1-9-7-11(16-5)12(17-6)8-10(9)13(15)18-14(2,3)4/h7-8H,1-6H3. The number of carbonyl (C=O) groups is 1. The Morgan fingerprint density at radius 2 is 1.56 bits per heavy atom. The van der Waals surface area contributed by atoms with Gasteiger partial charge >= 0.3 is 5.97 Å². The Morgan fingerprint density at radius 3 is 2.00 bits per heavy atom. The predicted octanol–water partition coefficient (Wildman–Crippen LogP) is 2.97. The van der Waals surface area contributed by atoms with E-state index < -0.39 is 5.60 Å². The molecule has 0 aliphatic heterocycles. The fourth-order valence-electron chi connectivity index (χ4n) is 1.53. The van der Waals surface area contributed by atoms with Crippen LogP contribution in [0.25, 0.3) is 0 Å². The van der Waals surface area contributed by atoms with E-state index >= 15 is 0 Å². The molecule has 0 bridgehead atoms. The number of hydrogen-bond acceptors (Lipinski definition) is 4. The second kappa shape index (κ2) is 5.29. The van der Waals surface area contributed by atoms with E-state index in [4.69, 9.17) is 14.2 Å². The Morgan fingerprint density at radius 1 is 1.06 bits per heavy atom.